The van der Waals surface area contributed by atoms with Crippen molar-refractivity contribution in [3.8, 4) is 23.3 Å². The molecule has 0 aliphatic heterocycles. The van der Waals surface area contributed by atoms with Gasteiger partial charge in [0, 0.05) is 12.7 Å². The van der Waals surface area contributed by atoms with E-state index in [-0.39, 0.29) is 0 Å². The molecule has 0 bridgehead atoms. The van der Waals surface area contributed by atoms with E-state index in [4.69, 9.17) is 10.5 Å². The molecular formula is C22H14N6O. The number of H-pyrrole nitrogens is 1. The van der Waals surface area contributed by atoms with Gasteiger partial charge in [-0.05, 0) is 47.0 Å². The minimum Gasteiger partial charge on any atom is -0.365 e. The molecule has 0 saturated heterocycles. The number of hydrogen-bond donors (Lipinski definition) is 2. The molecule has 0 spiro atoms. The maximum atomic E-state index is 11.7. The molecule has 7 nitrogen and oxygen atoms in total. The van der Waals surface area contributed by atoms with Crippen molar-refractivity contribution >= 4 is 16.9 Å². The smallest absolute Gasteiger partial charge is 0.348 e. The van der Waals surface area contributed by atoms with Crippen LogP contribution in [0.25, 0.3) is 22.2 Å². The molecule has 2 N–H and O–H groups in total. The second-order valence-corrected chi connectivity index (χ2v) is 6.36. The molecule has 7 heteroatoms. The van der Waals surface area contributed by atoms with Crippen molar-refractivity contribution in [1.82, 2.24) is 15.0 Å². The van der Waals surface area contributed by atoms with Crippen LogP contribution in [-0.4, -0.2) is 15.0 Å². The van der Waals surface area contributed by atoms with Crippen molar-refractivity contribution in [2.75, 3.05) is 5.32 Å². The summed E-state index contributed by atoms with van der Waals surface area (Å²) in [5.74, 6) is 0.473. The standard InChI is InChI=1S/C22H14N6O/c23-11-15-8-16(12-24)10-18(9-15)17-5-3-14(4-6-17)13-26-21-19-2-1-7-25-20(19)27-22(29)28-21/h1-10H,13H2,(H2,25,26,27,28,29). The van der Waals surface area contributed by atoms with Crippen LogP contribution in [0.1, 0.15) is 16.7 Å². The van der Waals surface area contributed by atoms with Crippen molar-refractivity contribution < 1.29 is 0 Å². The van der Waals surface area contributed by atoms with E-state index in [0.717, 1.165) is 22.1 Å². The molecule has 2 aromatic heterocycles. The molecule has 0 atom stereocenters. The quantitative estimate of drug-likeness (QED) is 0.562. The maximum Gasteiger partial charge on any atom is 0.348 e. The Balaban J connectivity index is 1.57. The van der Waals surface area contributed by atoms with Crippen LogP contribution >= 0.6 is 0 Å². The van der Waals surface area contributed by atoms with Crippen LogP contribution in [-0.2, 0) is 6.54 Å². The highest BCUT2D eigenvalue weighted by Crippen LogP contribution is 2.23. The molecule has 4 rings (SSSR count). The number of pyridine rings is 1. The average Bonchev–Trinajstić information content (AvgIpc) is 2.77. The third kappa shape index (κ3) is 3.80. The third-order valence-electron chi connectivity index (χ3n) is 4.44. The monoisotopic (exact) mass is 378 g/mol. The minimum atomic E-state index is -0.459. The normalized spacial score (nSPS) is 10.3. The van der Waals surface area contributed by atoms with E-state index in [1.807, 2.05) is 30.3 Å². The van der Waals surface area contributed by atoms with Crippen molar-refractivity contribution in [3.05, 3.63) is 88.0 Å². The first kappa shape index (κ1) is 17.9. The molecule has 2 heterocycles. The number of fused-ring (bicyclic) bond motifs is 1. The molecule has 0 aliphatic carbocycles. The molecule has 2 aromatic carbocycles. The van der Waals surface area contributed by atoms with Gasteiger partial charge in [-0.2, -0.15) is 15.5 Å². The van der Waals surface area contributed by atoms with Gasteiger partial charge in [-0.15, -0.1) is 0 Å². The SMILES string of the molecule is N#Cc1cc(C#N)cc(-c2ccc(CNc3nc(=O)[nH]c4ncccc34)cc2)c1. The predicted octanol–water partition coefficient (Wildman–Crippen LogP) is 3.34. The average molecular weight is 378 g/mol. The summed E-state index contributed by atoms with van der Waals surface area (Å²) in [4.78, 5) is 22.5. The van der Waals surface area contributed by atoms with Gasteiger partial charge in [-0.1, -0.05) is 24.3 Å². The van der Waals surface area contributed by atoms with Gasteiger partial charge in [0.25, 0.3) is 0 Å². The van der Waals surface area contributed by atoms with Gasteiger partial charge < -0.3 is 5.32 Å². The summed E-state index contributed by atoms with van der Waals surface area (Å²) in [6.07, 6.45) is 1.61. The summed E-state index contributed by atoms with van der Waals surface area (Å²) in [5.41, 5.74) is 3.64. The van der Waals surface area contributed by atoms with Crippen LogP contribution in [0.5, 0.6) is 0 Å². The number of benzene rings is 2. The fourth-order valence-corrected chi connectivity index (χ4v) is 3.05. The molecule has 138 valence electrons. The summed E-state index contributed by atoms with van der Waals surface area (Å²) in [6, 6.07) is 20.6. The molecule has 0 saturated carbocycles. The number of nitrogens with one attached hydrogen (secondary N) is 2. The molecule has 0 aliphatic rings. The van der Waals surface area contributed by atoms with Crippen LogP contribution in [0.15, 0.2) is 65.6 Å². The lowest BCUT2D eigenvalue weighted by Gasteiger charge is -2.09. The summed E-state index contributed by atoms with van der Waals surface area (Å²) >= 11 is 0. The summed E-state index contributed by atoms with van der Waals surface area (Å²) in [5, 5.41) is 22.2. The zero-order chi connectivity index (χ0) is 20.2. The molecule has 0 fully saturated rings. The van der Waals surface area contributed by atoms with Crippen molar-refractivity contribution in [3.63, 3.8) is 0 Å². The van der Waals surface area contributed by atoms with Gasteiger partial charge >= 0.3 is 5.69 Å². The second kappa shape index (κ2) is 7.63. The number of nitrogens with zero attached hydrogens (tertiary/aromatic N) is 4. The van der Waals surface area contributed by atoms with E-state index in [1.54, 1.807) is 30.5 Å². The van der Waals surface area contributed by atoms with Gasteiger partial charge in [-0.25, -0.2) is 9.78 Å². The number of anilines is 1. The van der Waals surface area contributed by atoms with Crippen molar-refractivity contribution in [2.24, 2.45) is 0 Å². The first-order valence-corrected chi connectivity index (χ1v) is 8.80. The third-order valence-corrected chi connectivity index (χ3v) is 4.44. The Morgan fingerprint density at radius 1 is 0.966 bits per heavy atom. The van der Waals surface area contributed by atoms with Crippen LogP contribution in [0.4, 0.5) is 5.82 Å². The lowest BCUT2D eigenvalue weighted by molar-refractivity contribution is 1.05. The lowest BCUT2D eigenvalue weighted by atomic mass is 9.99. The first-order chi connectivity index (χ1) is 14.2. The van der Waals surface area contributed by atoms with Gasteiger partial charge in [0.15, 0.2) is 0 Å². The number of nitriles is 2. The number of rotatable bonds is 4. The molecule has 0 unspecified atom stereocenters. The van der Waals surface area contributed by atoms with Crippen molar-refractivity contribution in [1.29, 1.82) is 10.5 Å². The number of aromatic amines is 1. The minimum absolute atomic E-state index is 0.450. The summed E-state index contributed by atoms with van der Waals surface area (Å²) < 4.78 is 0. The highest BCUT2D eigenvalue weighted by atomic mass is 16.1. The summed E-state index contributed by atoms with van der Waals surface area (Å²) in [6.45, 7) is 0.475. The second-order valence-electron chi connectivity index (χ2n) is 6.36. The van der Waals surface area contributed by atoms with Crippen molar-refractivity contribution in [2.45, 2.75) is 6.54 Å². The Morgan fingerprint density at radius 2 is 1.69 bits per heavy atom. The molecule has 29 heavy (non-hydrogen) atoms. The fraction of sp³-hybridized carbons (Fsp3) is 0.0455. The van der Waals surface area contributed by atoms with E-state index in [1.165, 1.54) is 0 Å². The Kier molecular flexibility index (Phi) is 4.71. The zero-order valence-electron chi connectivity index (χ0n) is 15.2. The number of aromatic nitrogens is 3. The predicted molar refractivity (Wildman–Crippen MR) is 109 cm³/mol. The van der Waals surface area contributed by atoms with E-state index in [2.05, 4.69) is 32.4 Å². The molecular weight excluding hydrogens is 364 g/mol. The Hall–Kier alpha value is -4.49. The van der Waals surface area contributed by atoms with Gasteiger partial charge in [0.2, 0.25) is 0 Å². The Labute approximate surface area is 165 Å². The van der Waals surface area contributed by atoms with Gasteiger partial charge in [0.05, 0.1) is 28.7 Å². The highest BCUT2D eigenvalue weighted by Gasteiger charge is 2.07. The molecule has 4 aromatic rings. The Morgan fingerprint density at radius 3 is 2.38 bits per heavy atom. The molecule has 0 amide bonds. The van der Waals surface area contributed by atoms with Crippen LogP contribution in [0, 0.1) is 22.7 Å². The van der Waals surface area contributed by atoms with Gasteiger partial charge in [-0.3, -0.25) is 4.98 Å². The van der Waals surface area contributed by atoms with Crippen LogP contribution in [0.3, 0.4) is 0 Å². The molecule has 0 radical (unpaired) electrons. The Bertz CT molecular complexity index is 1310. The summed E-state index contributed by atoms with van der Waals surface area (Å²) in [7, 11) is 0. The fourth-order valence-electron chi connectivity index (χ4n) is 3.05. The zero-order valence-corrected chi connectivity index (χ0v) is 15.2. The highest BCUT2D eigenvalue weighted by molar-refractivity contribution is 5.85. The first-order valence-electron chi connectivity index (χ1n) is 8.80. The lowest BCUT2D eigenvalue weighted by Crippen LogP contribution is -2.14. The van der Waals surface area contributed by atoms with Gasteiger partial charge in [0.1, 0.15) is 11.5 Å². The van der Waals surface area contributed by atoms with E-state index >= 15 is 0 Å². The maximum absolute atomic E-state index is 11.7. The largest absolute Gasteiger partial charge is 0.365 e. The van der Waals surface area contributed by atoms with Crippen LogP contribution < -0.4 is 11.0 Å². The van der Waals surface area contributed by atoms with E-state index < -0.39 is 5.69 Å². The van der Waals surface area contributed by atoms with Crippen LogP contribution in [0.2, 0.25) is 0 Å². The van der Waals surface area contributed by atoms with E-state index in [9.17, 15) is 4.79 Å². The van der Waals surface area contributed by atoms with E-state index in [0.29, 0.717) is 29.1 Å². The topological polar surface area (TPSA) is 118 Å². The number of hydrogen-bond acceptors (Lipinski definition) is 6.